The van der Waals surface area contributed by atoms with Gasteiger partial charge in [-0.1, -0.05) is 44.2 Å². The second kappa shape index (κ2) is 10.2. The van der Waals surface area contributed by atoms with Gasteiger partial charge in [0.2, 0.25) is 0 Å². The summed E-state index contributed by atoms with van der Waals surface area (Å²) < 4.78 is 1.12. The van der Waals surface area contributed by atoms with Crippen molar-refractivity contribution in [3.63, 3.8) is 0 Å². The molecule has 0 bridgehead atoms. The first-order chi connectivity index (χ1) is 14.1. The fourth-order valence-electron chi connectivity index (χ4n) is 3.27. The van der Waals surface area contributed by atoms with Gasteiger partial charge in [0.25, 0.3) is 5.91 Å². The smallest absolute Gasteiger partial charge is 0.260 e. The Balaban J connectivity index is 1.92. The predicted octanol–water partition coefficient (Wildman–Crippen LogP) is 5.71. The summed E-state index contributed by atoms with van der Waals surface area (Å²) in [7, 11) is 0. The minimum Gasteiger partial charge on any atom is -0.302 e. The minimum absolute atomic E-state index is 0.0157. The van der Waals surface area contributed by atoms with Crippen LogP contribution in [-0.4, -0.2) is 47.7 Å². The third-order valence-electron chi connectivity index (χ3n) is 5.03. The summed E-state index contributed by atoms with van der Waals surface area (Å²) >= 11 is 3.38. The zero-order chi connectivity index (χ0) is 20.8. The number of para-hydroxylation sites is 1. The lowest BCUT2D eigenvalue weighted by atomic mass is 10.2. The molecule has 0 aliphatic carbocycles. The van der Waals surface area contributed by atoms with E-state index < -0.39 is 0 Å². The van der Waals surface area contributed by atoms with Crippen LogP contribution >= 0.6 is 23.1 Å². The van der Waals surface area contributed by atoms with Crippen molar-refractivity contribution in [2.45, 2.75) is 32.6 Å². The maximum Gasteiger partial charge on any atom is 0.260 e. The number of hydrogen-bond donors (Lipinski definition) is 0. The number of likely N-dealkylation sites (N-methyl/N-ethyl adjacent to an activating group) is 1. The Labute approximate surface area is 181 Å². The number of nitrogens with zero attached hydrogens (tertiary/aromatic N) is 3. The molecule has 1 aromatic heterocycles. The Kier molecular flexibility index (Phi) is 7.70. The van der Waals surface area contributed by atoms with Crippen LogP contribution in [0.25, 0.3) is 10.2 Å². The maximum atomic E-state index is 13.4. The number of aryl methyl sites for hydroxylation is 1. The molecular weight excluding hydrogens is 398 g/mol. The molecule has 0 aliphatic rings. The number of fused-ring (bicyclic) bond motifs is 1. The third-order valence-corrected chi connectivity index (χ3v) is 6.97. The average Bonchev–Trinajstić information content (AvgIpc) is 3.17. The van der Waals surface area contributed by atoms with E-state index in [1.54, 1.807) is 23.1 Å². The van der Waals surface area contributed by atoms with E-state index in [-0.39, 0.29) is 5.91 Å². The van der Waals surface area contributed by atoms with Crippen molar-refractivity contribution in [3.05, 3.63) is 53.6 Å². The molecule has 0 saturated carbocycles. The fourth-order valence-corrected chi connectivity index (χ4v) is 5.00. The highest BCUT2D eigenvalue weighted by atomic mass is 32.2. The van der Waals surface area contributed by atoms with Crippen LogP contribution in [0.1, 0.15) is 36.7 Å². The Morgan fingerprint density at radius 2 is 1.76 bits per heavy atom. The van der Waals surface area contributed by atoms with Gasteiger partial charge < -0.3 is 4.90 Å². The number of amides is 1. The monoisotopic (exact) mass is 427 g/mol. The first-order valence-electron chi connectivity index (χ1n) is 10.2. The van der Waals surface area contributed by atoms with E-state index in [1.165, 1.54) is 4.90 Å². The summed E-state index contributed by atoms with van der Waals surface area (Å²) in [6.07, 6.45) is 0. The second-order valence-electron chi connectivity index (χ2n) is 6.86. The van der Waals surface area contributed by atoms with Gasteiger partial charge in [-0.05, 0) is 61.7 Å². The number of rotatable bonds is 9. The fraction of sp³-hybridized carbons (Fsp3) is 0.391. The number of thiazole rings is 1. The topological polar surface area (TPSA) is 36.4 Å². The van der Waals surface area contributed by atoms with Gasteiger partial charge in [0.15, 0.2) is 5.13 Å². The van der Waals surface area contributed by atoms with Crippen molar-refractivity contribution in [1.82, 2.24) is 9.88 Å². The first kappa shape index (κ1) is 21.8. The van der Waals surface area contributed by atoms with Crippen molar-refractivity contribution < 1.29 is 4.79 Å². The van der Waals surface area contributed by atoms with Gasteiger partial charge in [-0.15, -0.1) is 11.8 Å². The summed E-state index contributed by atoms with van der Waals surface area (Å²) in [4.78, 5) is 23.6. The van der Waals surface area contributed by atoms with Crippen LogP contribution < -0.4 is 4.90 Å². The Morgan fingerprint density at radius 3 is 2.38 bits per heavy atom. The molecule has 1 amide bonds. The van der Waals surface area contributed by atoms with Crippen LogP contribution in [0.2, 0.25) is 0 Å². The molecule has 29 heavy (non-hydrogen) atoms. The van der Waals surface area contributed by atoms with Gasteiger partial charge >= 0.3 is 0 Å². The van der Waals surface area contributed by atoms with Gasteiger partial charge in [-0.3, -0.25) is 9.69 Å². The predicted molar refractivity (Wildman–Crippen MR) is 127 cm³/mol. The van der Waals surface area contributed by atoms with E-state index in [0.717, 1.165) is 46.3 Å². The molecule has 0 saturated heterocycles. The van der Waals surface area contributed by atoms with E-state index >= 15 is 0 Å². The molecule has 154 valence electrons. The third kappa shape index (κ3) is 5.18. The van der Waals surface area contributed by atoms with Gasteiger partial charge in [-0.2, -0.15) is 0 Å². The minimum atomic E-state index is 0.0157. The maximum absolute atomic E-state index is 13.4. The lowest BCUT2D eigenvalue weighted by Gasteiger charge is -2.24. The number of carbonyl (C=O) groups excluding carboxylic acids is 1. The summed E-state index contributed by atoms with van der Waals surface area (Å²) in [6.45, 7) is 11.9. The molecule has 4 nitrogen and oxygen atoms in total. The van der Waals surface area contributed by atoms with E-state index in [9.17, 15) is 4.79 Å². The zero-order valence-electron chi connectivity index (χ0n) is 17.6. The Bertz CT molecular complexity index is 948. The highest BCUT2D eigenvalue weighted by Crippen LogP contribution is 2.31. The molecule has 0 spiro atoms. The molecule has 0 unspecified atom stereocenters. The number of anilines is 1. The standard InChI is InChI=1S/C23H29N3OS2/c1-5-25(6-2)15-16-26(22(27)18-11-13-19(14-12-18)28-7-3)23-24-21-17(4)9-8-10-20(21)29-23/h8-14H,5-7,15-16H2,1-4H3. The van der Waals surface area contributed by atoms with Gasteiger partial charge in [0.05, 0.1) is 10.2 Å². The van der Waals surface area contributed by atoms with Crippen molar-refractivity contribution in [2.75, 3.05) is 36.8 Å². The van der Waals surface area contributed by atoms with E-state index in [4.69, 9.17) is 4.98 Å². The summed E-state index contributed by atoms with van der Waals surface area (Å²) in [5, 5.41) is 0.776. The Hall–Kier alpha value is -1.89. The number of aromatic nitrogens is 1. The van der Waals surface area contributed by atoms with Crippen LogP contribution in [-0.2, 0) is 0 Å². The van der Waals surface area contributed by atoms with Crippen molar-refractivity contribution in [1.29, 1.82) is 0 Å². The number of hydrogen-bond acceptors (Lipinski definition) is 5. The van der Waals surface area contributed by atoms with Crippen LogP contribution in [0, 0.1) is 6.92 Å². The first-order valence-corrected chi connectivity index (χ1v) is 12.0. The number of thioether (sulfide) groups is 1. The van der Waals surface area contributed by atoms with Crippen LogP contribution in [0.3, 0.4) is 0 Å². The molecule has 3 aromatic rings. The van der Waals surface area contributed by atoms with Crippen molar-refractivity contribution >= 4 is 44.4 Å². The second-order valence-corrected chi connectivity index (χ2v) is 9.21. The van der Waals surface area contributed by atoms with E-state index in [1.807, 2.05) is 35.2 Å². The molecule has 0 atom stereocenters. The lowest BCUT2D eigenvalue weighted by Crippen LogP contribution is -2.38. The summed E-state index contributed by atoms with van der Waals surface area (Å²) in [6, 6.07) is 14.1. The van der Waals surface area contributed by atoms with Gasteiger partial charge in [0.1, 0.15) is 0 Å². The van der Waals surface area contributed by atoms with Crippen LogP contribution in [0.15, 0.2) is 47.4 Å². The molecule has 0 aliphatic heterocycles. The van der Waals surface area contributed by atoms with Crippen LogP contribution in [0.4, 0.5) is 5.13 Å². The highest BCUT2D eigenvalue weighted by molar-refractivity contribution is 7.99. The van der Waals surface area contributed by atoms with E-state index in [2.05, 4.69) is 44.7 Å². The number of carbonyl (C=O) groups is 1. The summed E-state index contributed by atoms with van der Waals surface area (Å²) in [5.41, 5.74) is 2.84. The molecule has 0 radical (unpaired) electrons. The molecule has 0 N–H and O–H groups in total. The Morgan fingerprint density at radius 1 is 1.03 bits per heavy atom. The van der Waals surface area contributed by atoms with Gasteiger partial charge in [0, 0.05) is 23.5 Å². The zero-order valence-corrected chi connectivity index (χ0v) is 19.3. The largest absolute Gasteiger partial charge is 0.302 e. The summed E-state index contributed by atoms with van der Waals surface area (Å²) in [5.74, 6) is 1.04. The normalized spacial score (nSPS) is 11.3. The molecule has 6 heteroatoms. The quantitative estimate of drug-likeness (QED) is 0.410. The SMILES string of the molecule is CCSc1ccc(C(=O)N(CCN(CC)CC)c2nc3c(C)cccc3s2)cc1. The lowest BCUT2D eigenvalue weighted by molar-refractivity contribution is 0.0983. The average molecular weight is 428 g/mol. The molecule has 3 rings (SSSR count). The molecular formula is C23H29N3OS2. The molecule has 2 aromatic carbocycles. The number of benzene rings is 2. The van der Waals surface area contributed by atoms with Crippen LogP contribution in [0.5, 0.6) is 0 Å². The van der Waals surface area contributed by atoms with Crippen molar-refractivity contribution in [3.8, 4) is 0 Å². The molecule has 0 fully saturated rings. The van der Waals surface area contributed by atoms with Crippen molar-refractivity contribution in [2.24, 2.45) is 0 Å². The van der Waals surface area contributed by atoms with E-state index in [0.29, 0.717) is 12.1 Å². The van der Waals surface area contributed by atoms with Gasteiger partial charge in [-0.25, -0.2) is 4.98 Å². The highest BCUT2D eigenvalue weighted by Gasteiger charge is 2.22. The molecule has 1 heterocycles.